The number of hydrogen-bond acceptors (Lipinski definition) is 2. The lowest BCUT2D eigenvalue weighted by atomic mass is 9.76. The molecule has 0 saturated carbocycles. The Hall–Kier alpha value is -0.890. The predicted octanol–water partition coefficient (Wildman–Crippen LogP) is 7.64. The number of unbranched alkanes of at least 4 members (excludes halogenated alkanes) is 3. The number of ether oxygens (including phenoxy) is 1. The van der Waals surface area contributed by atoms with Gasteiger partial charge in [0, 0.05) is 19.9 Å². The van der Waals surface area contributed by atoms with Crippen molar-refractivity contribution in [2.24, 2.45) is 10.4 Å². The summed E-state index contributed by atoms with van der Waals surface area (Å²) in [6.07, 6.45) is 12.3. The molecule has 150 valence electrons. The van der Waals surface area contributed by atoms with Crippen LogP contribution in [0.2, 0.25) is 0 Å². The van der Waals surface area contributed by atoms with E-state index in [9.17, 15) is 0 Å². The Balaban J connectivity index is -0.000000507. The van der Waals surface area contributed by atoms with E-state index in [0.717, 1.165) is 13.0 Å². The monoisotopic (exact) mass is 353 g/mol. The molecule has 25 heavy (non-hydrogen) atoms. The van der Waals surface area contributed by atoms with Crippen molar-refractivity contribution in [2.45, 2.75) is 100 Å². The minimum Gasteiger partial charge on any atom is -0.379 e. The highest BCUT2D eigenvalue weighted by Crippen LogP contribution is 2.35. The summed E-state index contributed by atoms with van der Waals surface area (Å²) in [5, 5.41) is 0. The van der Waals surface area contributed by atoms with E-state index in [4.69, 9.17) is 4.74 Å². The predicted molar refractivity (Wildman–Crippen MR) is 118 cm³/mol. The molecular weight excluding hydrogens is 306 g/mol. The first kappa shape index (κ1) is 28.9. The number of rotatable bonds is 10. The van der Waals surface area contributed by atoms with Gasteiger partial charge in [0.15, 0.2) is 0 Å². The van der Waals surface area contributed by atoms with Gasteiger partial charge in [-0.1, -0.05) is 86.0 Å². The molecule has 0 radical (unpaired) electrons. The van der Waals surface area contributed by atoms with Gasteiger partial charge in [0.1, 0.15) is 0 Å². The maximum atomic E-state index is 5.51. The summed E-state index contributed by atoms with van der Waals surface area (Å²) >= 11 is 0. The van der Waals surface area contributed by atoms with E-state index in [1.165, 1.54) is 31.3 Å². The van der Waals surface area contributed by atoms with Crippen LogP contribution in [-0.4, -0.2) is 25.5 Å². The number of methoxy groups -OCH3 is 1. The minimum absolute atomic E-state index is 0.0202. The second kappa shape index (κ2) is 17.9. The van der Waals surface area contributed by atoms with Crippen LogP contribution in [0, 0.1) is 5.41 Å². The molecule has 0 aliphatic heterocycles. The van der Waals surface area contributed by atoms with Gasteiger partial charge in [0.05, 0.1) is 5.60 Å². The van der Waals surface area contributed by atoms with E-state index < -0.39 is 0 Å². The minimum atomic E-state index is -0.135. The Morgan fingerprint density at radius 1 is 1.00 bits per heavy atom. The van der Waals surface area contributed by atoms with Crippen LogP contribution < -0.4 is 0 Å². The zero-order valence-corrected chi connectivity index (χ0v) is 19.0. The summed E-state index contributed by atoms with van der Waals surface area (Å²) in [5.41, 5.74) is 1.08. The van der Waals surface area contributed by atoms with Crippen LogP contribution in [0.5, 0.6) is 0 Å². The van der Waals surface area contributed by atoms with E-state index >= 15 is 0 Å². The summed E-state index contributed by atoms with van der Waals surface area (Å²) in [4.78, 5) is 4.33. The molecule has 0 spiro atoms. The molecule has 2 nitrogen and oxygen atoms in total. The Bertz CT molecular complexity index is 347. The van der Waals surface area contributed by atoms with Gasteiger partial charge in [-0.15, -0.1) is 0 Å². The molecule has 0 aromatic heterocycles. The molecule has 0 N–H and O–H groups in total. The summed E-state index contributed by atoms with van der Waals surface area (Å²) in [6.45, 7) is 23.7. The maximum Gasteiger partial charge on any atom is 0.0631 e. The van der Waals surface area contributed by atoms with Crippen LogP contribution in [0.4, 0.5) is 0 Å². The summed E-state index contributed by atoms with van der Waals surface area (Å²) in [5.74, 6) is 0. The molecule has 0 fully saturated rings. The van der Waals surface area contributed by atoms with Gasteiger partial charge in [-0.3, -0.25) is 4.99 Å². The van der Waals surface area contributed by atoms with Gasteiger partial charge in [0.2, 0.25) is 0 Å². The van der Waals surface area contributed by atoms with Crippen molar-refractivity contribution in [2.75, 3.05) is 13.7 Å². The van der Waals surface area contributed by atoms with E-state index in [1.54, 1.807) is 7.11 Å². The summed E-state index contributed by atoms with van der Waals surface area (Å²) in [7, 11) is 1.76. The fourth-order valence-electron chi connectivity index (χ4n) is 2.50. The molecule has 2 heteroatoms. The van der Waals surface area contributed by atoms with Crippen molar-refractivity contribution in [1.82, 2.24) is 0 Å². The van der Waals surface area contributed by atoms with E-state index in [-0.39, 0.29) is 11.0 Å². The molecule has 0 atom stereocenters. The summed E-state index contributed by atoms with van der Waals surface area (Å²) in [6, 6.07) is 0. The molecule has 0 amide bonds. The first-order valence-electron chi connectivity index (χ1n) is 10.1. The molecule has 0 aromatic carbocycles. The van der Waals surface area contributed by atoms with E-state index in [2.05, 4.69) is 53.1 Å². The number of allylic oxidation sites excluding steroid dienone is 3. The lowest BCUT2D eigenvalue weighted by molar-refractivity contribution is -0.00539. The highest BCUT2D eigenvalue weighted by atomic mass is 16.5. The Labute approximate surface area is 159 Å². The molecule has 0 bridgehead atoms. The second-order valence-corrected chi connectivity index (χ2v) is 7.22. The van der Waals surface area contributed by atoms with Crippen LogP contribution in [0.25, 0.3) is 0 Å². The van der Waals surface area contributed by atoms with Gasteiger partial charge in [0.25, 0.3) is 0 Å². The standard InChI is InChI=1S/C15H27NO.C6H14.C2H6/c1-8-10-13(11-16-9-2)14(3,4)12-15(5,6)17-7;1-3-5-6-4-2;1-2/h8,10-11H,1,9,12H2,2-7H3;3-6H2,1-2H3;1-2H3/b13-10+,16-11?;;. The molecule has 0 rings (SSSR count). The molecule has 0 unspecified atom stereocenters. The van der Waals surface area contributed by atoms with Crippen LogP contribution in [0.15, 0.2) is 29.3 Å². The third kappa shape index (κ3) is 17.7. The van der Waals surface area contributed by atoms with Crippen molar-refractivity contribution in [1.29, 1.82) is 0 Å². The lowest BCUT2D eigenvalue weighted by Gasteiger charge is -2.34. The molecule has 0 aromatic rings. The van der Waals surface area contributed by atoms with Gasteiger partial charge in [-0.25, -0.2) is 0 Å². The molecule has 0 saturated heterocycles. The van der Waals surface area contributed by atoms with Gasteiger partial charge in [-0.2, -0.15) is 0 Å². The average Bonchev–Trinajstić information content (AvgIpc) is 2.58. The highest BCUT2D eigenvalue weighted by Gasteiger charge is 2.30. The fraction of sp³-hybridized carbons (Fsp3) is 0.783. The van der Waals surface area contributed by atoms with Gasteiger partial charge in [-0.05, 0) is 38.2 Å². The number of aliphatic imine (C=N–C) groups is 1. The molecule has 0 aliphatic rings. The van der Waals surface area contributed by atoms with E-state index in [0.29, 0.717) is 0 Å². The van der Waals surface area contributed by atoms with Crippen molar-refractivity contribution in [3.63, 3.8) is 0 Å². The number of nitrogens with zero attached hydrogens (tertiary/aromatic N) is 1. The molecule has 0 aliphatic carbocycles. The third-order valence-electron chi connectivity index (χ3n) is 3.87. The first-order chi connectivity index (χ1) is 11.7. The molecule has 0 heterocycles. The average molecular weight is 354 g/mol. The van der Waals surface area contributed by atoms with E-state index in [1.807, 2.05) is 39.1 Å². The topological polar surface area (TPSA) is 21.6 Å². The SMILES string of the molecule is C=C/C=C(\C=NCC)C(C)(C)CC(C)(C)OC.CC.CCCCCC. The van der Waals surface area contributed by atoms with Crippen LogP contribution in [0.3, 0.4) is 0 Å². The van der Waals surface area contributed by atoms with Crippen molar-refractivity contribution in [3.8, 4) is 0 Å². The Morgan fingerprint density at radius 3 is 1.80 bits per heavy atom. The van der Waals surface area contributed by atoms with Crippen molar-refractivity contribution < 1.29 is 4.74 Å². The summed E-state index contributed by atoms with van der Waals surface area (Å²) < 4.78 is 5.51. The zero-order valence-electron chi connectivity index (χ0n) is 19.0. The molecular formula is C23H47NO. The smallest absolute Gasteiger partial charge is 0.0631 e. The quantitative estimate of drug-likeness (QED) is 0.224. The van der Waals surface area contributed by atoms with Gasteiger partial charge < -0.3 is 4.74 Å². The normalized spacial score (nSPS) is 12.2. The Kier molecular flexibility index (Phi) is 20.7. The van der Waals surface area contributed by atoms with Crippen LogP contribution in [-0.2, 0) is 4.74 Å². The lowest BCUT2D eigenvalue weighted by Crippen LogP contribution is -2.32. The number of hydrogen-bond donors (Lipinski definition) is 0. The van der Waals surface area contributed by atoms with Crippen molar-refractivity contribution >= 4 is 6.21 Å². The van der Waals surface area contributed by atoms with Crippen molar-refractivity contribution in [3.05, 3.63) is 24.3 Å². The van der Waals surface area contributed by atoms with Gasteiger partial charge >= 0.3 is 0 Å². The fourth-order valence-corrected chi connectivity index (χ4v) is 2.50. The second-order valence-electron chi connectivity index (χ2n) is 7.22. The largest absolute Gasteiger partial charge is 0.379 e. The third-order valence-corrected chi connectivity index (χ3v) is 3.87. The van der Waals surface area contributed by atoms with Crippen LogP contribution >= 0.6 is 0 Å². The Morgan fingerprint density at radius 2 is 1.48 bits per heavy atom. The highest BCUT2D eigenvalue weighted by molar-refractivity contribution is 5.80. The maximum absolute atomic E-state index is 5.51. The van der Waals surface area contributed by atoms with Crippen LogP contribution in [0.1, 0.15) is 94.4 Å². The zero-order chi connectivity index (χ0) is 20.4. The first-order valence-corrected chi connectivity index (χ1v) is 10.1.